The number of nitrogens with one attached hydrogen (secondary N) is 2. The second kappa shape index (κ2) is 8.06. The third-order valence-electron chi connectivity index (χ3n) is 4.02. The number of halogens is 3. The maximum atomic E-state index is 13.0. The van der Waals surface area contributed by atoms with E-state index in [-0.39, 0.29) is 18.3 Å². The van der Waals surface area contributed by atoms with E-state index in [0.717, 1.165) is 6.20 Å². The topological polar surface area (TPSA) is 130 Å². The zero-order valence-corrected chi connectivity index (χ0v) is 16.0. The molecule has 2 aromatic heterocycles. The molecule has 0 aliphatic rings. The van der Waals surface area contributed by atoms with Gasteiger partial charge in [0.25, 0.3) is 0 Å². The second-order valence-corrected chi connectivity index (χ2v) is 6.77. The van der Waals surface area contributed by atoms with Crippen LogP contribution in [0.1, 0.15) is 23.3 Å². The minimum atomic E-state index is -4.70. The van der Waals surface area contributed by atoms with Crippen molar-refractivity contribution in [3.63, 3.8) is 0 Å². The fraction of sp³-hybridized carbons (Fsp3) is 0.278. The summed E-state index contributed by atoms with van der Waals surface area (Å²) in [5.41, 5.74) is 5.56. The van der Waals surface area contributed by atoms with Crippen LogP contribution in [0.3, 0.4) is 0 Å². The van der Waals surface area contributed by atoms with E-state index in [2.05, 4.69) is 25.3 Å². The number of alkyl halides is 3. The van der Waals surface area contributed by atoms with Crippen LogP contribution >= 0.6 is 0 Å². The van der Waals surface area contributed by atoms with Crippen molar-refractivity contribution in [3.8, 4) is 0 Å². The van der Waals surface area contributed by atoms with Gasteiger partial charge in [0, 0.05) is 11.9 Å². The zero-order chi connectivity index (χ0) is 22.1. The number of aromatic amines is 1. The normalized spacial score (nSPS) is 12.9. The molecule has 1 atom stereocenters. The number of aromatic nitrogens is 4. The predicted octanol–water partition coefficient (Wildman–Crippen LogP) is 1.49. The van der Waals surface area contributed by atoms with E-state index in [1.54, 1.807) is 37.2 Å². The fourth-order valence-electron chi connectivity index (χ4n) is 2.79. The molecule has 0 bridgehead atoms. The summed E-state index contributed by atoms with van der Waals surface area (Å²) in [4.78, 5) is 39.9. The number of hydrogen-bond donors (Lipinski definition) is 3. The highest BCUT2D eigenvalue weighted by Gasteiger charge is 2.35. The Labute approximate surface area is 168 Å². The summed E-state index contributed by atoms with van der Waals surface area (Å²) in [7, 11) is 3.51. The predicted molar refractivity (Wildman–Crippen MR) is 101 cm³/mol. The highest BCUT2D eigenvalue weighted by atomic mass is 19.4. The minimum Gasteiger partial charge on any atom is -0.369 e. The number of primary amides is 1. The van der Waals surface area contributed by atoms with Crippen molar-refractivity contribution < 1.29 is 22.8 Å². The van der Waals surface area contributed by atoms with Crippen molar-refractivity contribution in [2.24, 2.45) is 5.73 Å². The SMILES string of the molecule is CN(C)CC(=O)Nc1ccc2nc(C(C(N)=O)c3nccc(C(F)(F)F)n3)[nH]c2c1. The van der Waals surface area contributed by atoms with Gasteiger partial charge in [0.15, 0.2) is 5.92 Å². The van der Waals surface area contributed by atoms with E-state index in [1.807, 2.05) is 0 Å². The molecule has 3 aromatic rings. The molecule has 0 saturated carbocycles. The molecule has 0 aliphatic heterocycles. The monoisotopic (exact) mass is 421 g/mol. The molecule has 4 N–H and O–H groups in total. The lowest BCUT2D eigenvalue weighted by atomic mass is 10.1. The number of nitrogens with zero attached hydrogens (tertiary/aromatic N) is 4. The zero-order valence-electron chi connectivity index (χ0n) is 16.0. The highest BCUT2D eigenvalue weighted by Crippen LogP contribution is 2.29. The van der Waals surface area contributed by atoms with Gasteiger partial charge >= 0.3 is 6.18 Å². The molecule has 0 radical (unpaired) electrons. The number of fused-ring (bicyclic) bond motifs is 1. The van der Waals surface area contributed by atoms with Crippen LogP contribution in [0.5, 0.6) is 0 Å². The summed E-state index contributed by atoms with van der Waals surface area (Å²) in [5, 5.41) is 2.71. The molecule has 30 heavy (non-hydrogen) atoms. The number of amides is 2. The fourth-order valence-corrected chi connectivity index (χ4v) is 2.79. The Kier molecular flexibility index (Phi) is 5.69. The summed E-state index contributed by atoms with van der Waals surface area (Å²) in [5.74, 6) is -3.03. The Balaban J connectivity index is 1.95. The minimum absolute atomic E-state index is 0.00593. The molecular formula is C18H18F3N7O2. The van der Waals surface area contributed by atoms with E-state index in [1.165, 1.54) is 0 Å². The van der Waals surface area contributed by atoms with Gasteiger partial charge in [-0.25, -0.2) is 15.0 Å². The van der Waals surface area contributed by atoms with Gasteiger partial charge in [-0.1, -0.05) is 0 Å². The molecule has 9 nitrogen and oxygen atoms in total. The first-order valence-corrected chi connectivity index (χ1v) is 8.68. The van der Waals surface area contributed by atoms with E-state index in [9.17, 15) is 22.8 Å². The molecule has 2 amide bonds. The van der Waals surface area contributed by atoms with Crippen LogP contribution in [0, 0.1) is 0 Å². The first-order chi connectivity index (χ1) is 14.0. The third kappa shape index (κ3) is 4.71. The van der Waals surface area contributed by atoms with Crippen LogP contribution in [0.2, 0.25) is 0 Å². The molecule has 0 aliphatic carbocycles. The number of imidazole rings is 1. The van der Waals surface area contributed by atoms with Gasteiger partial charge in [0.05, 0.1) is 17.6 Å². The van der Waals surface area contributed by atoms with E-state index < -0.39 is 29.5 Å². The quantitative estimate of drug-likeness (QED) is 0.553. The van der Waals surface area contributed by atoms with Crippen LogP contribution < -0.4 is 11.1 Å². The van der Waals surface area contributed by atoms with Crippen molar-refractivity contribution in [1.82, 2.24) is 24.8 Å². The number of hydrogen-bond acceptors (Lipinski definition) is 6. The van der Waals surface area contributed by atoms with Crippen LogP contribution in [0.25, 0.3) is 11.0 Å². The van der Waals surface area contributed by atoms with Crippen LogP contribution in [0.15, 0.2) is 30.5 Å². The smallest absolute Gasteiger partial charge is 0.369 e. The Bertz CT molecular complexity index is 1090. The van der Waals surface area contributed by atoms with Gasteiger partial charge in [-0.15, -0.1) is 0 Å². The Morgan fingerprint density at radius 1 is 1.23 bits per heavy atom. The van der Waals surface area contributed by atoms with Crippen molar-refractivity contribution in [3.05, 3.63) is 47.8 Å². The number of carbonyl (C=O) groups is 2. The Morgan fingerprint density at radius 3 is 2.60 bits per heavy atom. The first-order valence-electron chi connectivity index (χ1n) is 8.68. The number of carbonyl (C=O) groups excluding carboxylic acids is 2. The molecule has 0 saturated heterocycles. The van der Waals surface area contributed by atoms with Crippen molar-refractivity contribution in [2.75, 3.05) is 26.0 Å². The number of likely N-dealkylation sites (N-methyl/N-ethyl adjacent to an activating group) is 1. The lowest BCUT2D eigenvalue weighted by Crippen LogP contribution is -2.27. The molecule has 3 rings (SSSR count). The Morgan fingerprint density at radius 2 is 1.97 bits per heavy atom. The molecule has 1 unspecified atom stereocenters. The van der Waals surface area contributed by atoms with Crippen molar-refractivity contribution >= 4 is 28.5 Å². The Hall–Kier alpha value is -3.54. The molecule has 1 aromatic carbocycles. The van der Waals surface area contributed by atoms with Gasteiger partial charge in [0.2, 0.25) is 11.8 Å². The number of H-pyrrole nitrogens is 1. The summed E-state index contributed by atoms with van der Waals surface area (Å²) in [6.07, 6.45) is -3.80. The van der Waals surface area contributed by atoms with Gasteiger partial charge in [-0.05, 0) is 38.4 Å². The number of rotatable bonds is 6. The molecule has 0 fully saturated rings. The van der Waals surface area contributed by atoms with E-state index in [4.69, 9.17) is 5.73 Å². The average Bonchev–Trinajstić information content (AvgIpc) is 3.02. The average molecular weight is 421 g/mol. The van der Waals surface area contributed by atoms with Crippen molar-refractivity contribution in [1.29, 1.82) is 0 Å². The summed E-state index contributed by atoms with van der Waals surface area (Å²) < 4.78 is 38.9. The lowest BCUT2D eigenvalue weighted by molar-refractivity contribution is -0.141. The van der Waals surface area contributed by atoms with Crippen LogP contribution in [-0.2, 0) is 15.8 Å². The largest absolute Gasteiger partial charge is 0.433 e. The molecule has 0 spiro atoms. The van der Waals surface area contributed by atoms with Gasteiger partial charge in [-0.2, -0.15) is 13.2 Å². The number of anilines is 1. The summed E-state index contributed by atoms with van der Waals surface area (Å²) in [6, 6.07) is 5.49. The maximum absolute atomic E-state index is 13.0. The first kappa shape index (κ1) is 21.2. The second-order valence-electron chi connectivity index (χ2n) is 6.77. The number of nitrogens with two attached hydrogens (primary N) is 1. The third-order valence-corrected chi connectivity index (χ3v) is 4.02. The summed E-state index contributed by atoms with van der Waals surface area (Å²) >= 11 is 0. The number of benzene rings is 1. The van der Waals surface area contributed by atoms with Gasteiger partial charge < -0.3 is 20.9 Å². The molecular weight excluding hydrogens is 403 g/mol. The molecule has 158 valence electrons. The van der Waals surface area contributed by atoms with Crippen LogP contribution in [-0.4, -0.2) is 57.3 Å². The van der Waals surface area contributed by atoms with E-state index >= 15 is 0 Å². The van der Waals surface area contributed by atoms with E-state index in [0.29, 0.717) is 22.8 Å². The standard InChI is InChI=1S/C18H18F3N7O2/c1-28(2)8-13(29)24-9-3-4-10-11(7-9)26-17(25-10)14(15(22)30)16-23-6-5-12(27-16)18(19,20)21/h3-7,14H,8H2,1-2H3,(H2,22,30)(H,24,29)(H,25,26). The maximum Gasteiger partial charge on any atom is 0.433 e. The van der Waals surface area contributed by atoms with Crippen molar-refractivity contribution in [2.45, 2.75) is 12.1 Å². The van der Waals surface area contributed by atoms with Crippen LogP contribution in [0.4, 0.5) is 18.9 Å². The van der Waals surface area contributed by atoms with Gasteiger partial charge in [0.1, 0.15) is 17.3 Å². The highest BCUT2D eigenvalue weighted by molar-refractivity contribution is 5.94. The summed E-state index contributed by atoms with van der Waals surface area (Å²) in [6.45, 7) is 0.183. The molecule has 12 heteroatoms. The van der Waals surface area contributed by atoms with Gasteiger partial charge in [-0.3, -0.25) is 9.59 Å². The molecule has 2 heterocycles. The lowest BCUT2D eigenvalue weighted by Gasteiger charge is -2.11.